The van der Waals surface area contributed by atoms with Gasteiger partial charge in [-0.2, -0.15) is 0 Å². The van der Waals surface area contributed by atoms with Gasteiger partial charge in [-0.05, 0) is 74.6 Å². The van der Waals surface area contributed by atoms with Crippen LogP contribution in [0.2, 0.25) is 5.02 Å². The zero-order valence-corrected chi connectivity index (χ0v) is 17.0. The number of hydrogen-bond acceptors (Lipinski definition) is 4. The number of fused-ring (bicyclic) bond motifs is 1. The number of carbonyl (C=O) groups is 1. The number of benzene rings is 2. The van der Waals surface area contributed by atoms with E-state index in [1.165, 1.54) is 6.07 Å². The molecule has 0 spiro atoms. The average molecular weight is 410 g/mol. The third-order valence-electron chi connectivity index (χ3n) is 5.60. The standard InChI is InChI=1S/C23H24ClN3O2/c1-14-2-3-15(12-22(14)28)23(29)27-18-7-5-17(6-8-18)26-20-10-11-25-21-13-16(24)4-9-19(20)21/h2-4,9-13,17-18,28H,5-8H2,1H3,(H,25,26)(H,27,29). The lowest BCUT2D eigenvalue weighted by molar-refractivity contribution is 0.0926. The highest BCUT2D eigenvalue weighted by atomic mass is 35.5. The fraction of sp³-hybridized carbons (Fsp3) is 0.304. The number of nitrogens with zero attached hydrogens (tertiary/aromatic N) is 1. The van der Waals surface area contributed by atoms with E-state index in [1.807, 2.05) is 31.2 Å². The summed E-state index contributed by atoms with van der Waals surface area (Å²) in [7, 11) is 0. The van der Waals surface area contributed by atoms with Crippen molar-refractivity contribution in [2.45, 2.75) is 44.7 Å². The van der Waals surface area contributed by atoms with E-state index in [0.717, 1.165) is 47.8 Å². The Hall–Kier alpha value is -2.79. The third-order valence-corrected chi connectivity index (χ3v) is 5.83. The van der Waals surface area contributed by atoms with Gasteiger partial charge in [0.2, 0.25) is 0 Å². The summed E-state index contributed by atoms with van der Waals surface area (Å²) in [4.78, 5) is 16.9. The Labute approximate surface area is 175 Å². The predicted octanol–water partition coefficient (Wildman–Crippen LogP) is 5.06. The molecule has 5 nitrogen and oxygen atoms in total. The van der Waals surface area contributed by atoms with Crippen LogP contribution in [0.4, 0.5) is 5.69 Å². The SMILES string of the molecule is Cc1ccc(C(=O)NC2CCC(Nc3ccnc4cc(Cl)ccc34)CC2)cc1O. The van der Waals surface area contributed by atoms with Gasteiger partial charge < -0.3 is 15.7 Å². The van der Waals surface area contributed by atoms with Gasteiger partial charge in [-0.15, -0.1) is 0 Å². The second-order valence-corrected chi connectivity index (χ2v) is 8.12. The van der Waals surface area contributed by atoms with Crippen LogP contribution in [0.1, 0.15) is 41.6 Å². The predicted molar refractivity (Wildman–Crippen MR) is 117 cm³/mol. The number of aromatic hydroxyl groups is 1. The third kappa shape index (κ3) is 4.46. The van der Waals surface area contributed by atoms with Crippen LogP contribution < -0.4 is 10.6 Å². The molecule has 1 saturated carbocycles. The van der Waals surface area contributed by atoms with E-state index >= 15 is 0 Å². The number of hydrogen-bond donors (Lipinski definition) is 3. The maximum atomic E-state index is 12.5. The van der Waals surface area contributed by atoms with Crippen LogP contribution in [-0.4, -0.2) is 28.1 Å². The smallest absolute Gasteiger partial charge is 0.251 e. The Morgan fingerprint density at radius 1 is 1.07 bits per heavy atom. The van der Waals surface area contributed by atoms with Crippen molar-refractivity contribution >= 4 is 34.1 Å². The molecule has 6 heteroatoms. The molecule has 1 fully saturated rings. The van der Waals surface area contributed by atoms with Gasteiger partial charge in [-0.3, -0.25) is 9.78 Å². The van der Waals surface area contributed by atoms with Crippen LogP contribution in [-0.2, 0) is 0 Å². The van der Waals surface area contributed by atoms with Crippen molar-refractivity contribution in [2.75, 3.05) is 5.32 Å². The summed E-state index contributed by atoms with van der Waals surface area (Å²) in [5.74, 6) is 0.0186. The van der Waals surface area contributed by atoms with Crippen LogP contribution in [0.15, 0.2) is 48.7 Å². The topological polar surface area (TPSA) is 74.2 Å². The van der Waals surface area contributed by atoms with E-state index in [0.29, 0.717) is 16.6 Å². The van der Waals surface area contributed by atoms with Gasteiger partial charge in [0, 0.05) is 39.9 Å². The van der Waals surface area contributed by atoms with Gasteiger partial charge >= 0.3 is 0 Å². The zero-order valence-electron chi connectivity index (χ0n) is 16.3. The normalized spacial score (nSPS) is 19.1. The quantitative estimate of drug-likeness (QED) is 0.563. The molecule has 150 valence electrons. The first kappa shape index (κ1) is 19.5. The number of carbonyl (C=O) groups excluding carboxylic acids is 1. The van der Waals surface area contributed by atoms with Crippen LogP contribution in [0.5, 0.6) is 5.75 Å². The molecule has 0 aliphatic heterocycles. The first-order valence-corrected chi connectivity index (χ1v) is 10.3. The molecule has 1 heterocycles. The molecule has 0 saturated heterocycles. The molecule has 0 atom stereocenters. The second-order valence-electron chi connectivity index (χ2n) is 7.69. The summed E-state index contributed by atoms with van der Waals surface area (Å²) in [5.41, 5.74) is 3.20. The first-order chi connectivity index (χ1) is 14.0. The number of rotatable bonds is 4. The van der Waals surface area contributed by atoms with E-state index in [-0.39, 0.29) is 17.7 Å². The number of pyridine rings is 1. The van der Waals surface area contributed by atoms with Crippen molar-refractivity contribution in [3.05, 3.63) is 64.8 Å². The minimum Gasteiger partial charge on any atom is -0.508 e. The van der Waals surface area contributed by atoms with Gasteiger partial charge in [0.05, 0.1) is 5.52 Å². The first-order valence-electron chi connectivity index (χ1n) is 9.91. The highest BCUT2D eigenvalue weighted by molar-refractivity contribution is 6.31. The van der Waals surface area contributed by atoms with Crippen molar-refractivity contribution < 1.29 is 9.90 Å². The molecule has 1 amide bonds. The Kier molecular flexibility index (Phi) is 5.58. The van der Waals surface area contributed by atoms with Crippen LogP contribution in [0.3, 0.4) is 0 Å². The molecule has 0 unspecified atom stereocenters. The highest BCUT2D eigenvalue weighted by Gasteiger charge is 2.23. The second kappa shape index (κ2) is 8.29. The highest BCUT2D eigenvalue weighted by Crippen LogP contribution is 2.28. The molecule has 2 aromatic carbocycles. The number of aromatic nitrogens is 1. The number of phenols is 1. The van der Waals surface area contributed by atoms with Crippen LogP contribution in [0, 0.1) is 6.92 Å². The van der Waals surface area contributed by atoms with E-state index in [2.05, 4.69) is 15.6 Å². The summed E-state index contributed by atoms with van der Waals surface area (Å²) in [6, 6.07) is 13.3. The number of anilines is 1. The number of halogens is 1. The van der Waals surface area contributed by atoms with Crippen LogP contribution in [0.25, 0.3) is 10.9 Å². The fourth-order valence-corrected chi connectivity index (χ4v) is 4.03. The Bertz CT molecular complexity index is 1050. The average Bonchev–Trinajstić information content (AvgIpc) is 2.71. The Morgan fingerprint density at radius 2 is 1.83 bits per heavy atom. The molecule has 29 heavy (non-hydrogen) atoms. The molecule has 1 aliphatic rings. The number of phenolic OH excluding ortho intramolecular Hbond substituents is 1. The van der Waals surface area contributed by atoms with E-state index in [4.69, 9.17) is 11.6 Å². The van der Waals surface area contributed by atoms with E-state index in [9.17, 15) is 9.90 Å². The molecular formula is C23H24ClN3O2. The van der Waals surface area contributed by atoms with Gasteiger partial charge in [0.15, 0.2) is 0 Å². The van der Waals surface area contributed by atoms with Gasteiger partial charge in [0.25, 0.3) is 5.91 Å². The monoisotopic (exact) mass is 409 g/mol. The van der Waals surface area contributed by atoms with E-state index in [1.54, 1.807) is 18.3 Å². The largest absolute Gasteiger partial charge is 0.508 e. The summed E-state index contributed by atoms with van der Waals surface area (Å²) >= 11 is 6.07. The molecule has 3 aromatic rings. The van der Waals surface area contributed by atoms with Gasteiger partial charge in [-0.1, -0.05) is 17.7 Å². The summed E-state index contributed by atoms with van der Waals surface area (Å²) < 4.78 is 0. The summed E-state index contributed by atoms with van der Waals surface area (Å²) in [6.45, 7) is 1.81. The zero-order chi connectivity index (χ0) is 20.4. The number of amides is 1. The maximum absolute atomic E-state index is 12.5. The van der Waals surface area contributed by atoms with Crippen LogP contribution >= 0.6 is 11.6 Å². The lowest BCUT2D eigenvalue weighted by Crippen LogP contribution is -2.40. The van der Waals surface area contributed by atoms with Crippen molar-refractivity contribution in [1.82, 2.24) is 10.3 Å². The molecule has 1 aliphatic carbocycles. The molecular weight excluding hydrogens is 386 g/mol. The molecule has 0 radical (unpaired) electrons. The molecule has 4 rings (SSSR count). The maximum Gasteiger partial charge on any atom is 0.251 e. The summed E-state index contributed by atoms with van der Waals surface area (Å²) in [5, 5.41) is 18.3. The minimum atomic E-state index is -0.131. The number of aryl methyl sites for hydroxylation is 1. The van der Waals surface area contributed by atoms with E-state index < -0.39 is 0 Å². The van der Waals surface area contributed by atoms with Crippen molar-refractivity contribution in [3.8, 4) is 5.75 Å². The molecule has 1 aromatic heterocycles. The summed E-state index contributed by atoms with van der Waals surface area (Å²) in [6.07, 6.45) is 5.57. The van der Waals surface area contributed by atoms with Crippen molar-refractivity contribution in [2.24, 2.45) is 0 Å². The number of nitrogens with one attached hydrogen (secondary N) is 2. The van der Waals surface area contributed by atoms with Gasteiger partial charge in [-0.25, -0.2) is 0 Å². The fourth-order valence-electron chi connectivity index (χ4n) is 3.87. The van der Waals surface area contributed by atoms with Crippen molar-refractivity contribution in [1.29, 1.82) is 0 Å². The van der Waals surface area contributed by atoms with Crippen molar-refractivity contribution in [3.63, 3.8) is 0 Å². The Morgan fingerprint density at radius 3 is 2.59 bits per heavy atom. The minimum absolute atomic E-state index is 0.131. The lowest BCUT2D eigenvalue weighted by Gasteiger charge is -2.30. The lowest BCUT2D eigenvalue weighted by atomic mass is 9.90. The van der Waals surface area contributed by atoms with Gasteiger partial charge in [0.1, 0.15) is 5.75 Å². The molecule has 3 N–H and O–H groups in total. The Balaban J connectivity index is 1.35. The molecule has 0 bridgehead atoms.